The van der Waals surface area contributed by atoms with Crippen molar-refractivity contribution >= 4 is 28.4 Å². The van der Waals surface area contributed by atoms with Crippen LogP contribution in [-0.2, 0) is 4.79 Å². The zero-order valence-electron chi connectivity index (χ0n) is 13.6. The Morgan fingerprint density at radius 2 is 2.23 bits per heavy atom. The number of Topliss-reactive ketones (excluding diaryl/α,β-unsaturated/α-hetero) is 1. The van der Waals surface area contributed by atoms with Crippen LogP contribution in [-0.4, -0.2) is 27.4 Å². The Labute approximate surface area is 146 Å². The van der Waals surface area contributed by atoms with E-state index in [9.17, 15) is 4.79 Å². The highest BCUT2D eigenvalue weighted by atomic mass is 127. The number of carbonyl (C=O) groups is 1. The summed E-state index contributed by atoms with van der Waals surface area (Å²) < 4.78 is 0.613. The lowest BCUT2D eigenvalue weighted by Crippen LogP contribution is -2.49. The van der Waals surface area contributed by atoms with Crippen LogP contribution in [0.25, 0.3) is 0 Å². The quantitative estimate of drug-likeness (QED) is 0.517. The fourth-order valence-corrected chi connectivity index (χ4v) is 4.99. The third-order valence-electron chi connectivity index (χ3n) is 5.23. The van der Waals surface area contributed by atoms with E-state index in [4.69, 9.17) is 0 Å². The molecule has 1 fully saturated rings. The van der Waals surface area contributed by atoms with Gasteiger partial charge in [-0.15, -0.1) is 0 Å². The van der Waals surface area contributed by atoms with E-state index in [2.05, 4.69) is 71.2 Å². The van der Waals surface area contributed by atoms with Gasteiger partial charge < -0.3 is 10.2 Å². The van der Waals surface area contributed by atoms with E-state index in [1.165, 1.54) is 0 Å². The maximum atomic E-state index is 13.2. The van der Waals surface area contributed by atoms with Crippen LogP contribution in [0.2, 0.25) is 0 Å². The Balaban J connectivity index is 1.84. The van der Waals surface area contributed by atoms with E-state index in [-0.39, 0.29) is 12.2 Å². The molecule has 5 heteroatoms. The third-order valence-corrected chi connectivity index (χ3v) is 6.94. The van der Waals surface area contributed by atoms with Gasteiger partial charge in [0, 0.05) is 28.3 Å². The number of carbonyl (C=O) groups excluding carboxylic acids is 1. The molecule has 0 radical (unpaired) electrons. The molecule has 2 N–H and O–H groups in total. The topological polar surface area (TPSA) is 44.4 Å². The minimum Gasteiger partial charge on any atom is -0.354 e. The van der Waals surface area contributed by atoms with Gasteiger partial charge in [-0.25, -0.2) is 0 Å². The summed E-state index contributed by atoms with van der Waals surface area (Å²) >= 11 is 2.54. The first kappa shape index (κ1) is 16.3. The second-order valence-electron chi connectivity index (χ2n) is 6.39. The summed E-state index contributed by atoms with van der Waals surface area (Å²) in [6, 6.07) is 0. The van der Waals surface area contributed by atoms with Gasteiger partial charge in [0.1, 0.15) is 5.70 Å². The van der Waals surface area contributed by atoms with Crippen molar-refractivity contribution in [1.82, 2.24) is 15.5 Å². The summed E-state index contributed by atoms with van der Waals surface area (Å²) in [5.41, 5.74) is 2.00. The van der Waals surface area contributed by atoms with Gasteiger partial charge >= 0.3 is 0 Å². The summed E-state index contributed by atoms with van der Waals surface area (Å²) in [5.74, 6) is 1.71. The van der Waals surface area contributed by atoms with Gasteiger partial charge in [0.2, 0.25) is 0 Å². The summed E-state index contributed by atoms with van der Waals surface area (Å²) in [6.45, 7) is 7.41. The average Bonchev–Trinajstić information content (AvgIpc) is 3.17. The monoisotopic (exact) mass is 415 g/mol. The molecule has 0 aromatic carbocycles. The van der Waals surface area contributed by atoms with Crippen molar-refractivity contribution in [3.05, 3.63) is 23.7 Å². The molecule has 0 amide bonds. The first-order valence-corrected chi connectivity index (χ1v) is 9.74. The first-order chi connectivity index (χ1) is 10.6. The van der Waals surface area contributed by atoms with E-state index >= 15 is 0 Å². The molecule has 2 aliphatic heterocycles. The Kier molecular flexibility index (Phi) is 4.83. The molecule has 5 atom stereocenters. The molecule has 0 bridgehead atoms. The number of nitrogens with one attached hydrogen (secondary N) is 2. The van der Waals surface area contributed by atoms with Crippen LogP contribution in [0.5, 0.6) is 0 Å². The molecular weight excluding hydrogens is 389 g/mol. The molecular formula is C17H26IN3O. The molecule has 0 aromatic rings. The number of alkyl halides is 1. The fraction of sp³-hybridized carbons (Fsp3) is 0.706. The molecule has 2 heterocycles. The van der Waals surface area contributed by atoms with Crippen molar-refractivity contribution in [3.63, 3.8) is 0 Å². The summed E-state index contributed by atoms with van der Waals surface area (Å²) in [4.78, 5) is 15.3. The van der Waals surface area contributed by atoms with Crippen LogP contribution in [0.15, 0.2) is 23.7 Å². The summed E-state index contributed by atoms with van der Waals surface area (Å²) in [7, 11) is 0. The molecule has 0 spiro atoms. The van der Waals surface area contributed by atoms with Crippen LogP contribution < -0.4 is 10.6 Å². The highest BCUT2D eigenvalue weighted by Gasteiger charge is 2.57. The summed E-state index contributed by atoms with van der Waals surface area (Å²) in [6.07, 6.45) is 7.33. The van der Waals surface area contributed by atoms with Gasteiger partial charge in [-0.05, 0) is 24.7 Å². The van der Waals surface area contributed by atoms with E-state index in [0.29, 0.717) is 21.5 Å². The minimum atomic E-state index is 0.0535. The van der Waals surface area contributed by atoms with E-state index in [0.717, 1.165) is 37.2 Å². The number of fused-ring (bicyclic) bond motifs is 1. The standard InChI is InChI=1S/C17H26IN3O/c1-4-10-13(11(18)5-2)14(10)16(22)15-12(6-3)20-17-19-8-7-9-21(15)17/h7,9-11,13-14,17,19-20H,4-6,8H2,1-3H3. The Morgan fingerprint density at radius 3 is 2.86 bits per heavy atom. The predicted molar refractivity (Wildman–Crippen MR) is 97.1 cm³/mol. The molecule has 5 unspecified atom stereocenters. The Bertz CT molecular complexity index is 516. The lowest BCUT2D eigenvalue weighted by Gasteiger charge is -2.28. The highest BCUT2D eigenvalue weighted by Crippen LogP contribution is 2.55. The second kappa shape index (κ2) is 6.51. The zero-order valence-corrected chi connectivity index (χ0v) is 15.8. The van der Waals surface area contributed by atoms with Gasteiger partial charge in [-0.3, -0.25) is 10.1 Å². The highest BCUT2D eigenvalue weighted by molar-refractivity contribution is 14.1. The number of rotatable bonds is 6. The summed E-state index contributed by atoms with van der Waals surface area (Å²) in [5, 5.41) is 6.86. The molecule has 122 valence electrons. The lowest BCUT2D eigenvalue weighted by atomic mass is 10.1. The van der Waals surface area contributed by atoms with E-state index in [1.807, 2.05) is 0 Å². The number of hydrogen-bond acceptors (Lipinski definition) is 4. The van der Waals surface area contributed by atoms with Crippen molar-refractivity contribution in [1.29, 1.82) is 0 Å². The number of allylic oxidation sites excluding steroid dienone is 2. The van der Waals surface area contributed by atoms with Gasteiger partial charge in [0.05, 0.1) is 0 Å². The van der Waals surface area contributed by atoms with Crippen molar-refractivity contribution in [2.75, 3.05) is 6.54 Å². The van der Waals surface area contributed by atoms with Crippen LogP contribution in [0, 0.1) is 17.8 Å². The molecule has 22 heavy (non-hydrogen) atoms. The normalized spacial score (nSPS) is 34.5. The Hall–Kier alpha value is -0.560. The van der Waals surface area contributed by atoms with Gasteiger partial charge in [-0.2, -0.15) is 0 Å². The molecule has 3 rings (SSSR count). The minimum absolute atomic E-state index is 0.0535. The lowest BCUT2D eigenvalue weighted by molar-refractivity contribution is -0.118. The van der Waals surface area contributed by atoms with Gasteiger partial charge in [0.15, 0.2) is 12.1 Å². The van der Waals surface area contributed by atoms with Crippen LogP contribution in [0.4, 0.5) is 0 Å². The molecule has 1 aliphatic carbocycles. The Morgan fingerprint density at radius 1 is 1.45 bits per heavy atom. The van der Waals surface area contributed by atoms with Crippen LogP contribution >= 0.6 is 22.6 Å². The van der Waals surface area contributed by atoms with E-state index in [1.54, 1.807) is 0 Å². The SMILES string of the molecule is CCC1=C(C(=O)C2C(CC)C2C(I)CC)N2C=CCNC2N1. The maximum absolute atomic E-state index is 13.2. The third kappa shape index (κ3) is 2.60. The van der Waals surface area contributed by atoms with Crippen molar-refractivity contribution in [2.45, 2.75) is 50.2 Å². The van der Waals surface area contributed by atoms with Gasteiger partial charge in [-0.1, -0.05) is 55.9 Å². The molecule has 3 aliphatic rings. The smallest absolute Gasteiger partial charge is 0.184 e. The largest absolute Gasteiger partial charge is 0.354 e. The number of hydrogen-bond donors (Lipinski definition) is 2. The maximum Gasteiger partial charge on any atom is 0.184 e. The van der Waals surface area contributed by atoms with Crippen molar-refractivity contribution < 1.29 is 4.79 Å². The predicted octanol–water partition coefficient (Wildman–Crippen LogP) is 2.97. The first-order valence-electron chi connectivity index (χ1n) is 8.50. The molecule has 0 aromatic heterocycles. The molecule has 1 saturated carbocycles. The number of ketones is 1. The second-order valence-corrected chi connectivity index (χ2v) is 7.99. The van der Waals surface area contributed by atoms with Crippen molar-refractivity contribution in [2.24, 2.45) is 17.8 Å². The average molecular weight is 415 g/mol. The molecule has 4 nitrogen and oxygen atoms in total. The van der Waals surface area contributed by atoms with Crippen LogP contribution in [0.3, 0.4) is 0 Å². The van der Waals surface area contributed by atoms with Crippen LogP contribution in [0.1, 0.15) is 40.0 Å². The number of halogens is 1. The number of nitrogens with zero attached hydrogens (tertiary/aromatic N) is 1. The fourth-order valence-electron chi connectivity index (χ4n) is 4.01. The van der Waals surface area contributed by atoms with Crippen molar-refractivity contribution in [3.8, 4) is 0 Å². The van der Waals surface area contributed by atoms with Gasteiger partial charge in [0.25, 0.3) is 0 Å². The zero-order chi connectivity index (χ0) is 15.9. The van der Waals surface area contributed by atoms with E-state index < -0.39 is 0 Å². The molecule has 0 saturated heterocycles.